The number of unbranched alkanes of at least 4 members (excludes halogenated alkanes) is 2. The molecule has 0 aliphatic rings. The van der Waals surface area contributed by atoms with E-state index in [1.165, 1.54) is 38.5 Å². The van der Waals surface area contributed by atoms with Crippen molar-refractivity contribution in [3.8, 4) is 0 Å². The van der Waals surface area contributed by atoms with Gasteiger partial charge >= 0.3 is 0 Å². The zero-order valence-electron chi connectivity index (χ0n) is 10.5. The fourth-order valence-corrected chi connectivity index (χ4v) is 1.69. The lowest BCUT2D eigenvalue weighted by Crippen LogP contribution is -2.00. The number of hydrogen-bond donors (Lipinski definition) is 0. The molecule has 0 amide bonds. The van der Waals surface area contributed by atoms with E-state index in [4.69, 9.17) is 4.74 Å². The van der Waals surface area contributed by atoms with Crippen molar-refractivity contribution in [2.45, 2.75) is 59.3 Å². The highest BCUT2D eigenvalue weighted by molar-refractivity contribution is 4.54. The average Bonchev–Trinajstić information content (AvgIpc) is 2.13. The molecule has 1 unspecified atom stereocenters. The van der Waals surface area contributed by atoms with Crippen molar-refractivity contribution in [2.75, 3.05) is 13.7 Å². The van der Waals surface area contributed by atoms with Gasteiger partial charge in [-0.25, -0.2) is 0 Å². The van der Waals surface area contributed by atoms with Crippen LogP contribution in [0.4, 0.5) is 0 Å². The summed E-state index contributed by atoms with van der Waals surface area (Å²) in [6.07, 6.45) is 8.22. The minimum absolute atomic E-state index is 0.842. The van der Waals surface area contributed by atoms with Crippen LogP contribution in [-0.4, -0.2) is 13.7 Å². The van der Waals surface area contributed by atoms with Crippen molar-refractivity contribution < 1.29 is 4.74 Å². The molecule has 0 radical (unpaired) electrons. The monoisotopic (exact) mass is 200 g/mol. The molecule has 14 heavy (non-hydrogen) atoms. The number of rotatable bonds is 9. The lowest BCUT2D eigenvalue weighted by atomic mass is 9.98. The molecule has 0 N–H and O–H groups in total. The Labute approximate surface area is 90.2 Å². The molecule has 0 heterocycles. The second kappa shape index (κ2) is 9.51. The minimum Gasteiger partial charge on any atom is -0.385 e. The third kappa shape index (κ3) is 10.0. The second-order valence-corrected chi connectivity index (χ2v) is 4.92. The van der Waals surface area contributed by atoms with Crippen molar-refractivity contribution in [2.24, 2.45) is 11.8 Å². The maximum absolute atomic E-state index is 5.07. The van der Waals surface area contributed by atoms with E-state index in [0.29, 0.717) is 0 Å². The van der Waals surface area contributed by atoms with Crippen LogP contribution in [0.1, 0.15) is 59.3 Å². The normalized spacial score (nSPS) is 13.5. The first-order valence-electron chi connectivity index (χ1n) is 6.15. The Hall–Kier alpha value is -0.0400. The third-order valence-corrected chi connectivity index (χ3v) is 2.79. The molecule has 0 aliphatic heterocycles. The molecule has 0 aliphatic carbocycles. The van der Waals surface area contributed by atoms with Gasteiger partial charge in [-0.3, -0.25) is 0 Å². The van der Waals surface area contributed by atoms with E-state index in [9.17, 15) is 0 Å². The van der Waals surface area contributed by atoms with Crippen molar-refractivity contribution in [3.05, 3.63) is 0 Å². The van der Waals surface area contributed by atoms with Gasteiger partial charge in [0.15, 0.2) is 0 Å². The van der Waals surface area contributed by atoms with E-state index in [0.717, 1.165) is 18.4 Å². The molecular formula is C13H28O. The zero-order chi connectivity index (χ0) is 10.8. The summed E-state index contributed by atoms with van der Waals surface area (Å²) < 4.78 is 5.07. The molecule has 0 bridgehead atoms. The van der Waals surface area contributed by atoms with Gasteiger partial charge in [-0.2, -0.15) is 0 Å². The molecule has 1 heteroatoms. The lowest BCUT2D eigenvalue weighted by molar-refractivity contribution is 0.177. The molecule has 0 aromatic carbocycles. The summed E-state index contributed by atoms with van der Waals surface area (Å²) in [5.74, 6) is 1.72. The number of methoxy groups -OCH3 is 1. The van der Waals surface area contributed by atoms with Gasteiger partial charge in [0.25, 0.3) is 0 Å². The van der Waals surface area contributed by atoms with Crippen LogP contribution >= 0.6 is 0 Å². The van der Waals surface area contributed by atoms with Crippen molar-refractivity contribution in [1.29, 1.82) is 0 Å². The minimum atomic E-state index is 0.842. The van der Waals surface area contributed by atoms with E-state index in [1.807, 2.05) is 0 Å². The summed E-state index contributed by atoms with van der Waals surface area (Å²) in [7, 11) is 1.79. The van der Waals surface area contributed by atoms with Crippen LogP contribution in [-0.2, 0) is 4.74 Å². The maximum atomic E-state index is 5.07. The summed E-state index contributed by atoms with van der Waals surface area (Å²) in [6.45, 7) is 7.87. The van der Waals surface area contributed by atoms with Gasteiger partial charge < -0.3 is 4.74 Å². The van der Waals surface area contributed by atoms with Crippen LogP contribution in [0.25, 0.3) is 0 Å². The van der Waals surface area contributed by atoms with E-state index < -0.39 is 0 Å². The van der Waals surface area contributed by atoms with Gasteiger partial charge in [0.2, 0.25) is 0 Å². The van der Waals surface area contributed by atoms with Crippen molar-refractivity contribution in [3.63, 3.8) is 0 Å². The summed E-state index contributed by atoms with van der Waals surface area (Å²) in [4.78, 5) is 0. The van der Waals surface area contributed by atoms with Gasteiger partial charge in [-0.15, -0.1) is 0 Å². The standard InChI is InChI=1S/C13H28O/c1-12(2)8-6-5-7-9-13(3)10-11-14-4/h12-13H,5-11H2,1-4H3. The topological polar surface area (TPSA) is 9.23 Å². The van der Waals surface area contributed by atoms with Crippen LogP contribution in [0.2, 0.25) is 0 Å². The Kier molecular flexibility index (Phi) is 9.49. The fourth-order valence-electron chi connectivity index (χ4n) is 1.69. The molecule has 0 spiro atoms. The summed E-state index contributed by atoms with van der Waals surface area (Å²) in [5, 5.41) is 0. The predicted octanol–water partition coefficient (Wildman–Crippen LogP) is 4.27. The Morgan fingerprint density at radius 2 is 1.50 bits per heavy atom. The van der Waals surface area contributed by atoms with E-state index in [-0.39, 0.29) is 0 Å². The number of ether oxygens (including phenoxy) is 1. The molecule has 0 aromatic rings. The molecule has 0 saturated heterocycles. The van der Waals surface area contributed by atoms with Gasteiger partial charge in [0.05, 0.1) is 0 Å². The SMILES string of the molecule is COCCC(C)CCCCCC(C)C. The summed E-state index contributed by atoms with van der Waals surface area (Å²) >= 11 is 0. The molecule has 1 atom stereocenters. The van der Waals surface area contributed by atoms with E-state index in [2.05, 4.69) is 20.8 Å². The van der Waals surface area contributed by atoms with Crippen LogP contribution in [0.15, 0.2) is 0 Å². The highest BCUT2D eigenvalue weighted by Gasteiger charge is 2.01. The first-order valence-corrected chi connectivity index (χ1v) is 6.15. The number of hydrogen-bond acceptors (Lipinski definition) is 1. The van der Waals surface area contributed by atoms with Crippen LogP contribution in [0.5, 0.6) is 0 Å². The molecule has 1 nitrogen and oxygen atoms in total. The van der Waals surface area contributed by atoms with E-state index >= 15 is 0 Å². The molecule has 86 valence electrons. The highest BCUT2D eigenvalue weighted by Crippen LogP contribution is 2.15. The second-order valence-electron chi connectivity index (χ2n) is 4.92. The predicted molar refractivity (Wildman–Crippen MR) is 63.6 cm³/mol. The summed E-state index contributed by atoms with van der Waals surface area (Å²) in [6, 6.07) is 0. The maximum Gasteiger partial charge on any atom is 0.0464 e. The van der Waals surface area contributed by atoms with Gasteiger partial charge in [-0.05, 0) is 18.3 Å². The van der Waals surface area contributed by atoms with Crippen LogP contribution in [0.3, 0.4) is 0 Å². The molecular weight excluding hydrogens is 172 g/mol. The van der Waals surface area contributed by atoms with E-state index in [1.54, 1.807) is 7.11 Å². The fraction of sp³-hybridized carbons (Fsp3) is 1.00. The highest BCUT2D eigenvalue weighted by atomic mass is 16.5. The van der Waals surface area contributed by atoms with Crippen LogP contribution in [0, 0.1) is 11.8 Å². The van der Waals surface area contributed by atoms with Gasteiger partial charge in [-0.1, -0.05) is 52.9 Å². The molecule has 0 rings (SSSR count). The first kappa shape index (κ1) is 14.0. The summed E-state index contributed by atoms with van der Waals surface area (Å²) in [5.41, 5.74) is 0. The van der Waals surface area contributed by atoms with Gasteiger partial charge in [0, 0.05) is 13.7 Å². The Bertz CT molecular complexity index is 110. The zero-order valence-corrected chi connectivity index (χ0v) is 10.5. The Morgan fingerprint density at radius 3 is 2.07 bits per heavy atom. The lowest BCUT2D eigenvalue weighted by Gasteiger charge is -2.10. The molecule has 0 aromatic heterocycles. The molecule has 0 fully saturated rings. The van der Waals surface area contributed by atoms with Crippen molar-refractivity contribution in [1.82, 2.24) is 0 Å². The largest absolute Gasteiger partial charge is 0.385 e. The quantitative estimate of drug-likeness (QED) is 0.505. The Morgan fingerprint density at radius 1 is 0.857 bits per heavy atom. The first-order chi connectivity index (χ1) is 6.66. The van der Waals surface area contributed by atoms with Gasteiger partial charge in [0.1, 0.15) is 0 Å². The smallest absolute Gasteiger partial charge is 0.0464 e. The van der Waals surface area contributed by atoms with Crippen LogP contribution < -0.4 is 0 Å². The average molecular weight is 200 g/mol. The van der Waals surface area contributed by atoms with Crippen molar-refractivity contribution >= 4 is 0 Å². The molecule has 0 saturated carbocycles. The Balaban J connectivity index is 3.10. The third-order valence-electron chi connectivity index (χ3n) is 2.79.